The van der Waals surface area contributed by atoms with Crippen LogP contribution in [-0.4, -0.2) is 26.8 Å². The number of pyridine rings is 1. The van der Waals surface area contributed by atoms with Crippen LogP contribution in [0.2, 0.25) is 0 Å². The molecule has 0 aliphatic heterocycles. The molecule has 120 valence electrons. The summed E-state index contributed by atoms with van der Waals surface area (Å²) in [6.07, 6.45) is 0.873. The van der Waals surface area contributed by atoms with E-state index in [4.69, 9.17) is 0 Å². The first-order chi connectivity index (χ1) is 11.1. The lowest BCUT2D eigenvalue weighted by Gasteiger charge is -2.09. The molecule has 6 nitrogen and oxygen atoms in total. The third-order valence-electron chi connectivity index (χ3n) is 3.65. The first-order valence-electron chi connectivity index (χ1n) is 7.49. The van der Waals surface area contributed by atoms with Crippen LogP contribution in [0.3, 0.4) is 0 Å². The summed E-state index contributed by atoms with van der Waals surface area (Å²) in [6.45, 7) is 2.70. The number of carbonyl (C=O) groups is 1. The van der Waals surface area contributed by atoms with Gasteiger partial charge >= 0.3 is 0 Å². The molecule has 0 bridgehead atoms. The fraction of sp³-hybridized carbons (Fsp3) is 0.312. The summed E-state index contributed by atoms with van der Waals surface area (Å²) in [7, 11) is 1.65. The van der Waals surface area contributed by atoms with Gasteiger partial charge in [0.15, 0.2) is 5.65 Å². The molecule has 0 unspecified atom stereocenters. The molecule has 23 heavy (non-hydrogen) atoms. The predicted octanol–water partition coefficient (Wildman–Crippen LogP) is 1.99. The van der Waals surface area contributed by atoms with Gasteiger partial charge in [0.05, 0.1) is 16.0 Å². The van der Waals surface area contributed by atoms with Gasteiger partial charge in [-0.1, -0.05) is 13.0 Å². The normalized spacial score (nSPS) is 11.0. The number of nitrogens with zero attached hydrogens (tertiary/aromatic N) is 3. The molecule has 0 saturated heterocycles. The van der Waals surface area contributed by atoms with Gasteiger partial charge in [-0.2, -0.15) is 0 Å². The third-order valence-corrected chi connectivity index (χ3v) is 4.54. The van der Waals surface area contributed by atoms with E-state index in [9.17, 15) is 9.59 Å². The summed E-state index contributed by atoms with van der Waals surface area (Å²) in [4.78, 5) is 30.0. The Kier molecular flexibility index (Phi) is 4.29. The third kappa shape index (κ3) is 2.92. The number of thiophene rings is 1. The largest absolute Gasteiger partial charge is 0.355 e. The zero-order valence-corrected chi connectivity index (χ0v) is 13.9. The Morgan fingerprint density at radius 3 is 2.87 bits per heavy atom. The van der Waals surface area contributed by atoms with Crippen LogP contribution in [-0.2, 0) is 18.4 Å². The van der Waals surface area contributed by atoms with Crippen molar-refractivity contribution in [1.29, 1.82) is 0 Å². The van der Waals surface area contributed by atoms with Crippen molar-refractivity contribution in [3.05, 3.63) is 40.0 Å². The van der Waals surface area contributed by atoms with Gasteiger partial charge < -0.3 is 5.32 Å². The molecule has 7 heteroatoms. The molecule has 3 heterocycles. The number of nitrogens with one attached hydrogen (secondary N) is 1. The average Bonchev–Trinajstić information content (AvgIpc) is 3.17. The van der Waals surface area contributed by atoms with E-state index < -0.39 is 0 Å². The molecule has 3 aromatic rings. The topological polar surface area (TPSA) is 68.9 Å². The lowest BCUT2D eigenvalue weighted by atomic mass is 10.2. The number of carbonyl (C=O) groups excluding carboxylic acids is 1. The predicted molar refractivity (Wildman–Crippen MR) is 91.6 cm³/mol. The summed E-state index contributed by atoms with van der Waals surface area (Å²) in [5.41, 5.74) is 1.20. The fourth-order valence-corrected chi connectivity index (χ4v) is 3.13. The Bertz CT molecular complexity index is 893. The van der Waals surface area contributed by atoms with Crippen LogP contribution in [0.5, 0.6) is 0 Å². The Morgan fingerprint density at radius 1 is 1.35 bits per heavy atom. The zero-order chi connectivity index (χ0) is 16.4. The van der Waals surface area contributed by atoms with Gasteiger partial charge in [0, 0.05) is 13.6 Å². The number of hydrogen-bond acceptors (Lipinski definition) is 4. The van der Waals surface area contributed by atoms with Gasteiger partial charge in [-0.3, -0.25) is 19.0 Å². The standard InChI is InChI=1S/C16H18N4O2S/c1-3-8-17-14(21)10-20-15-11(16(22)19(20)2)6-7-12(18-15)13-5-4-9-23-13/h4-7,9H,3,8,10H2,1-2H3,(H,17,21). The van der Waals surface area contributed by atoms with Crippen LogP contribution in [0.15, 0.2) is 34.4 Å². The Hall–Kier alpha value is -2.41. The van der Waals surface area contributed by atoms with Crippen molar-refractivity contribution in [3.63, 3.8) is 0 Å². The van der Waals surface area contributed by atoms with E-state index in [1.54, 1.807) is 29.1 Å². The van der Waals surface area contributed by atoms with E-state index >= 15 is 0 Å². The Morgan fingerprint density at radius 2 is 2.17 bits per heavy atom. The molecule has 0 aliphatic carbocycles. The molecule has 0 atom stereocenters. The maximum Gasteiger partial charge on any atom is 0.275 e. The van der Waals surface area contributed by atoms with E-state index in [1.807, 2.05) is 30.5 Å². The van der Waals surface area contributed by atoms with Crippen molar-refractivity contribution in [2.75, 3.05) is 6.54 Å². The molecule has 3 aromatic heterocycles. The van der Waals surface area contributed by atoms with Crippen molar-refractivity contribution in [2.24, 2.45) is 7.05 Å². The summed E-state index contributed by atoms with van der Waals surface area (Å²) < 4.78 is 3.07. The maximum atomic E-state index is 12.3. The molecule has 0 fully saturated rings. The van der Waals surface area contributed by atoms with E-state index in [1.165, 1.54) is 4.68 Å². The lowest BCUT2D eigenvalue weighted by Crippen LogP contribution is -2.31. The van der Waals surface area contributed by atoms with Gasteiger partial charge in [0.2, 0.25) is 5.91 Å². The highest BCUT2D eigenvalue weighted by Gasteiger charge is 2.15. The van der Waals surface area contributed by atoms with Gasteiger partial charge in [0.25, 0.3) is 5.56 Å². The minimum Gasteiger partial charge on any atom is -0.355 e. The van der Waals surface area contributed by atoms with Crippen LogP contribution < -0.4 is 10.9 Å². The summed E-state index contributed by atoms with van der Waals surface area (Å²) >= 11 is 1.59. The van der Waals surface area contributed by atoms with Crippen LogP contribution >= 0.6 is 11.3 Å². The van der Waals surface area contributed by atoms with Crippen LogP contribution in [0, 0.1) is 0 Å². The summed E-state index contributed by atoms with van der Waals surface area (Å²) in [5.74, 6) is -0.123. The van der Waals surface area contributed by atoms with Crippen LogP contribution in [0.4, 0.5) is 0 Å². The van der Waals surface area contributed by atoms with Gasteiger partial charge in [-0.15, -0.1) is 11.3 Å². The van der Waals surface area contributed by atoms with Crippen molar-refractivity contribution < 1.29 is 4.79 Å². The van der Waals surface area contributed by atoms with Gasteiger partial charge in [-0.25, -0.2) is 4.98 Å². The monoisotopic (exact) mass is 330 g/mol. The zero-order valence-electron chi connectivity index (χ0n) is 13.1. The van der Waals surface area contributed by atoms with Crippen LogP contribution in [0.25, 0.3) is 21.6 Å². The fourth-order valence-electron chi connectivity index (χ4n) is 2.44. The highest BCUT2D eigenvalue weighted by Crippen LogP contribution is 2.24. The second kappa shape index (κ2) is 6.37. The first-order valence-corrected chi connectivity index (χ1v) is 8.37. The lowest BCUT2D eigenvalue weighted by molar-refractivity contribution is -0.121. The SMILES string of the molecule is CCCNC(=O)Cn1c2nc(-c3cccs3)ccc2c(=O)n1C. The summed E-state index contributed by atoms with van der Waals surface area (Å²) in [6, 6.07) is 7.57. The first kappa shape index (κ1) is 15.5. The second-order valence-electron chi connectivity index (χ2n) is 5.28. The van der Waals surface area contributed by atoms with Gasteiger partial charge in [-0.05, 0) is 30.0 Å². The van der Waals surface area contributed by atoms with E-state index in [0.29, 0.717) is 17.6 Å². The van der Waals surface area contributed by atoms with Crippen LogP contribution in [0.1, 0.15) is 13.3 Å². The van der Waals surface area contributed by atoms with E-state index in [-0.39, 0.29) is 18.0 Å². The molecular formula is C16H18N4O2S. The molecule has 0 radical (unpaired) electrons. The highest BCUT2D eigenvalue weighted by molar-refractivity contribution is 7.13. The minimum absolute atomic E-state index is 0.0795. The smallest absolute Gasteiger partial charge is 0.275 e. The average molecular weight is 330 g/mol. The molecule has 0 spiro atoms. The molecular weight excluding hydrogens is 312 g/mol. The van der Waals surface area contributed by atoms with Crippen molar-refractivity contribution >= 4 is 28.3 Å². The Labute approximate surface area is 137 Å². The molecule has 0 aromatic carbocycles. The number of rotatable bonds is 5. The number of amides is 1. The summed E-state index contributed by atoms with van der Waals surface area (Å²) in [5, 5.41) is 5.33. The van der Waals surface area contributed by atoms with Crippen molar-refractivity contribution in [2.45, 2.75) is 19.9 Å². The quantitative estimate of drug-likeness (QED) is 0.778. The number of fused-ring (bicyclic) bond motifs is 1. The maximum absolute atomic E-state index is 12.3. The van der Waals surface area contributed by atoms with E-state index in [2.05, 4.69) is 10.3 Å². The Balaban J connectivity index is 2.05. The second-order valence-corrected chi connectivity index (χ2v) is 6.23. The van der Waals surface area contributed by atoms with Gasteiger partial charge in [0.1, 0.15) is 6.54 Å². The van der Waals surface area contributed by atoms with Crippen molar-refractivity contribution in [3.8, 4) is 10.6 Å². The molecule has 1 amide bonds. The molecule has 1 N–H and O–H groups in total. The highest BCUT2D eigenvalue weighted by atomic mass is 32.1. The van der Waals surface area contributed by atoms with Crippen molar-refractivity contribution in [1.82, 2.24) is 19.7 Å². The molecule has 0 aliphatic rings. The number of aromatic nitrogens is 3. The molecule has 3 rings (SSSR count). The molecule has 0 saturated carbocycles. The minimum atomic E-state index is -0.145. The number of hydrogen-bond donors (Lipinski definition) is 1. The van der Waals surface area contributed by atoms with E-state index in [0.717, 1.165) is 17.0 Å².